The summed E-state index contributed by atoms with van der Waals surface area (Å²) >= 11 is 0. The van der Waals surface area contributed by atoms with Gasteiger partial charge in [0.1, 0.15) is 0 Å². The summed E-state index contributed by atoms with van der Waals surface area (Å²) in [5.74, 6) is 0. The zero-order valence-electron chi connectivity index (χ0n) is 14.9. The summed E-state index contributed by atoms with van der Waals surface area (Å²) in [6.45, 7) is 9.14. The molecule has 2 aliphatic rings. The van der Waals surface area contributed by atoms with E-state index in [-0.39, 0.29) is 0 Å². The highest BCUT2D eigenvalue weighted by atomic mass is 15.3. The first-order valence-electron chi connectivity index (χ1n) is 9.12. The van der Waals surface area contributed by atoms with Crippen molar-refractivity contribution < 1.29 is 0 Å². The average Bonchev–Trinajstić information content (AvgIpc) is 3.25. The Morgan fingerprint density at radius 1 is 1.00 bits per heavy atom. The van der Waals surface area contributed by atoms with Crippen LogP contribution in [-0.2, 0) is 19.0 Å². The lowest BCUT2D eigenvalue weighted by molar-refractivity contribution is 0.119. The van der Waals surface area contributed by atoms with Gasteiger partial charge >= 0.3 is 0 Å². The van der Waals surface area contributed by atoms with Crippen LogP contribution in [0.5, 0.6) is 0 Å². The smallest absolute Gasteiger partial charge is 0.0534 e. The van der Waals surface area contributed by atoms with Crippen molar-refractivity contribution in [2.24, 2.45) is 7.05 Å². The monoisotopic (exact) mass is 324 g/mol. The first kappa shape index (κ1) is 15.9. The van der Waals surface area contributed by atoms with Crippen molar-refractivity contribution in [2.75, 3.05) is 32.7 Å². The zero-order valence-corrected chi connectivity index (χ0v) is 14.9. The number of aromatic nitrogens is 2. The largest absolute Gasteiger partial charge is 0.300 e. The highest BCUT2D eigenvalue weighted by Gasteiger charge is 2.45. The van der Waals surface area contributed by atoms with Crippen LogP contribution in [0.15, 0.2) is 36.7 Å². The Morgan fingerprint density at radius 2 is 1.67 bits per heavy atom. The average molecular weight is 324 g/mol. The molecule has 1 saturated carbocycles. The van der Waals surface area contributed by atoms with E-state index in [0.29, 0.717) is 5.41 Å². The van der Waals surface area contributed by atoms with E-state index in [1.54, 1.807) is 5.56 Å². The van der Waals surface area contributed by atoms with Gasteiger partial charge in [0.15, 0.2) is 0 Å². The van der Waals surface area contributed by atoms with Crippen molar-refractivity contribution in [3.05, 3.63) is 53.3 Å². The van der Waals surface area contributed by atoms with Gasteiger partial charge in [0.25, 0.3) is 0 Å². The van der Waals surface area contributed by atoms with Crippen molar-refractivity contribution in [2.45, 2.75) is 31.7 Å². The van der Waals surface area contributed by atoms with Crippen LogP contribution in [0.3, 0.4) is 0 Å². The molecule has 4 nitrogen and oxygen atoms in total. The van der Waals surface area contributed by atoms with E-state index in [1.807, 2.05) is 17.9 Å². The second kappa shape index (κ2) is 6.34. The molecule has 4 rings (SSSR count). The molecule has 0 N–H and O–H groups in total. The topological polar surface area (TPSA) is 24.3 Å². The van der Waals surface area contributed by atoms with Gasteiger partial charge in [-0.15, -0.1) is 0 Å². The molecule has 2 aromatic rings. The Labute approximate surface area is 145 Å². The highest BCUT2D eigenvalue weighted by molar-refractivity contribution is 5.34. The third kappa shape index (κ3) is 3.40. The molecule has 1 aliphatic heterocycles. The van der Waals surface area contributed by atoms with Crippen molar-refractivity contribution >= 4 is 0 Å². The molecule has 0 radical (unpaired) electrons. The summed E-state index contributed by atoms with van der Waals surface area (Å²) in [6.07, 6.45) is 6.82. The van der Waals surface area contributed by atoms with Gasteiger partial charge in [-0.1, -0.05) is 29.8 Å². The quantitative estimate of drug-likeness (QED) is 0.845. The Bertz CT molecular complexity index is 676. The van der Waals surface area contributed by atoms with Crippen LogP contribution < -0.4 is 0 Å². The second-order valence-corrected chi connectivity index (χ2v) is 7.72. The fraction of sp³-hybridized carbons (Fsp3) is 0.550. The number of hydrogen-bond acceptors (Lipinski definition) is 3. The van der Waals surface area contributed by atoms with Crippen LogP contribution in [-0.4, -0.2) is 52.3 Å². The number of nitrogens with zero attached hydrogens (tertiary/aromatic N) is 4. The molecular formula is C20H28N4. The van der Waals surface area contributed by atoms with Gasteiger partial charge in [-0.3, -0.25) is 14.5 Å². The maximum atomic E-state index is 4.27. The second-order valence-electron chi connectivity index (χ2n) is 7.72. The van der Waals surface area contributed by atoms with Gasteiger partial charge in [-0.25, -0.2) is 0 Å². The summed E-state index contributed by atoms with van der Waals surface area (Å²) in [5, 5.41) is 4.27. The molecule has 1 aromatic heterocycles. The molecule has 1 aromatic carbocycles. The lowest BCUT2D eigenvalue weighted by Crippen LogP contribution is -2.48. The Kier molecular flexibility index (Phi) is 4.19. The molecule has 24 heavy (non-hydrogen) atoms. The van der Waals surface area contributed by atoms with Crippen molar-refractivity contribution in [3.8, 4) is 0 Å². The molecule has 0 bridgehead atoms. The van der Waals surface area contributed by atoms with E-state index in [2.05, 4.69) is 52.3 Å². The minimum atomic E-state index is 0.444. The highest BCUT2D eigenvalue weighted by Crippen LogP contribution is 2.48. The van der Waals surface area contributed by atoms with Gasteiger partial charge in [0.05, 0.1) is 6.20 Å². The van der Waals surface area contributed by atoms with Crippen LogP contribution in [0.25, 0.3) is 0 Å². The summed E-state index contributed by atoms with van der Waals surface area (Å²) in [7, 11) is 1.99. The first-order chi connectivity index (χ1) is 11.6. The third-order valence-corrected chi connectivity index (χ3v) is 5.67. The fourth-order valence-electron chi connectivity index (χ4n) is 3.94. The van der Waals surface area contributed by atoms with E-state index in [0.717, 1.165) is 6.54 Å². The minimum Gasteiger partial charge on any atom is -0.300 e. The summed E-state index contributed by atoms with van der Waals surface area (Å²) in [6, 6.07) is 9.23. The number of rotatable bonds is 5. The maximum Gasteiger partial charge on any atom is 0.0534 e. The molecular weight excluding hydrogens is 296 g/mol. The fourth-order valence-corrected chi connectivity index (χ4v) is 3.94. The number of benzene rings is 1. The summed E-state index contributed by atoms with van der Waals surface area (Å²) < 4.78 is 1.89. The SMILES string of the molecule is Cc1ccc(C2(CN3CCN(Cc4cnn(C)c4)CC3)CC2)cc1. The van der Waals surface area contributed by atoms with Gasteiger partial charge in [0.2, 0.25) is 0 Å². The lowest BCUT2D eigenvalue weighted by atomic mass is 9.94. The van der Waals surface area contributed by atoms with Gasteiger partial charge in [-0.05, 0) is 25.3 Å². The molecule has 0 spiro atoms. The molecule has 128 valence electrons. The van der Waals surface area contributed by atoms with Crippen LogP contribution in [0.4, 0.5) is 0 Å². The standard InChI is InChI=1S/C20H28N4/c1-17-3-5-19(6-4-17)20(7-8-20)16-24-11-9-23(10-12-24)15-18-13-21-22(2)14-18/h3-6,13-14H,7-12,15-16H2,1-2H3. The van der Waals surface area contributed by atoms with E-state index >= 15 is 0 Å². The third-order valence-electron chi connectivity index (χ3n) is 5.67. The Morgan fingerprint density at radius 3 is 2.25 bits per heavy atom. The van der Waals surface area contributed by atoms with E-state index in [9.17, 15) is 0 Å². The molecule has 1 saturated heterocycles. The molecule has 1 aliphatic carbocycles. The van der Waals surface area contributed by atoms with Crippen molar-refractivity contribution in [1.29, 1.82) is 0 Å². The zero-order chi connectivity index (χ0) is 16.6. The van der Waals surface area contributed by atoms with Gasteiger partial charge in [0, 0.05) is 63.5 Å². The molecule has 4 heteroatoms. The number of aryl methyl sites for hydroxylation is 2. The number of hydrogen-bond donors (Lipinski definition) is 0. The normalized spacial score (nSPS) is 21.1. The van der Waals surface area contributed by atoms with Crippen LogP contribution in [0.2, 0.25) is 0 Å². The van der Waals surface area contributed by atoms with Crippen LogP contribution in [0.1, 0.15) is 29.5 Å². The number of piperazine rings is 1. The minimum absolute atomic E-state index is 0.444. The van der Waals surface area contributed by atoms with Crippen molar-refractivity contribution in [3.63, 3.8) is 0 Å². The predicted octanol–water partition coefficient (Wildman–Crippen LogP) is 2.58. The van der Waals surface area contributed by atoms with Crippen molar-refractivity contribution in [1.82, 2.24) is 19.6 Å². The predicted molar refractivity (Wildman–Crippen MR) is 97.0 cm³/mol. The lowest BCUT2D eigenvalue weighted by Gasteiger charge is -2.36. The van der Waals surface area contributed by atoms with Gasteiger partial charge < -0.3 is 0 Å². The summed E-state index contributed by atoms with van der Waals surface area (Å²) in [4.78, 5) is 5.23. The molecule has 2 fully saturated rings. The summed E-state index contributed by atoms with van der Waals surface area (Å²) in [5.41, 5.74) is 4.67. The van der Waals surface area contributed by atoms with E-state index < -0.39 is 0 Å². The van der Waals surface area contributed by atoms with E-state index in [1.165, 1.54) is 56.7 Å². The van der Waals surface area contributed by atoms with Crippen LogP contribution >= 0.6 is 0 Å². The van der Waals surface area contributed by atoms with E-state index in [4.69, 9.17) is 0 Å². The van der Waals surface area contributed by atoms with Crippen LogP contribution in [0, 0.1) is 6.92 Å². The molecule has 0 unspecified atom stereocenters. The first-order valence-corrected chi connectivity index (χ1v) is 9.12. The molecule has 0 amide bonds. The Balaban J connectivity index is 1.31. The molecule has 2 heterocycles. The molecule has 0 atom stereocenters. The Hall–Kier alpha value is -1.65. The van der Waals surface area contributed by atoms with Gasteiger partial charge in [-0.2, -0.15) is 5.10 Å². The maximum absolute atomic E-state index is 4.27.